The van der Waals surface area contributed by atoms with Gasteiger partial charge in [0.05, 0.1) is 6.04 Å². The third-order valence-electron chi connectivity index (χ3n) is 3.47. The smallest absolute Gasteiger partial charge is 0.0711 e. The summed E-state index contributed by atoms with van der Waals surface area (Å²) in [6, 6.07) is 10.6. The monoisotopic (exact) mass is 255 g/mol. The molecule has 1 aromatic carbocycles. The zero-order valence-corrected chi connectivity index (χ0v) is 12.0. The van der Waals surface area contributed by atoms with E-state index in [1.54, 1.807) is 0 Å². The van der Waals surface area contributed by atoms with E-state index in [4.69, 9.17) is 5.84 Å². The third kappa shape index (κ3) is 3.00. The zero-order valence-electron chi connectivity index (χ0n) is 12.0. The second-order valence-electron chi connectivity index (χ2n) is 5.13. The first-order valence-corrected chi connectivity index (χ1v) is 6.49. The van der Waals surface area contributed by atoms with Crippen molar-refractivity contribution in [1.82, 2.24) is 10.4 Å². The first-order chi connectivity index (χ1) is 9.01. The van der Waals surface area contributed by atoms with Crippen molar-refractivity contribution in [3.8, 4) is 0 Å². The SMILES string of the molecule is Cc1cc(C(NN)c2ccc(C)c(C)c2)cc(C)n1. The number of benzene rings is 1. The molecule has 2 aromatic rings. The van der Waals surface area contributed by atoms with Crippen LogP contribution >= 0.6 is 0 Å². The van der Waals surface area contributed by atoms with Gasteiger partial charge in [0.2, 0.25) is 0 Å². The lowest BCUT2D eigenvalue weighted by Crippen LogP contribution is -2.29. The van der Waals surface area contributed by atoms with Crippen LogP contribution < -0.4 is 11.3 Å². The van der Waals surface area contributed by atoms with Gasteiger partial charge in [-0.05, 0) is 62.1 Å². The lowest BCUT2D eigenvalue weighted by Gasteiger charge is -2.19. The van der Waals surface area contributed by atoms with Crippen LogP contribution in [0.3, 0.4) is 0 Å². The molecule has 19 heavy (non-hydrogen) atoms. The molecule has 0 saturated carbocycles. The van der Waals surface area contributed by atoms with Gasteiger partial charge >= 0.3 is 0 Å². The van der Waals surface area contributed by atoms with Gasteiger partial charge in [-0.15, -0.1) is 0 Å². The van der Waals surface area contributed by atoms with Gasteiger partial charge in [-0.3, -0.25) is 10.8 Å². The van der Waals surface area contributed by atoms with Gasteiger partial charge in [0.25, 0.3) is 0 Å². The Bertz CT molecular complexity index is 570. The molecule has 0 spiro atoms. The number of pyridine rings is 1. The number of rotatable bonds is 3. The van der Waals surface area contributed by atoms with Gasteiger partial charge in [0, 0.05) is 11.4 Å². The average molecular weight is 255 g/mol. The van der Waals surface area contributed by atoms with Crippen molar-refractivity contribution in [3.63, 3.8) is 0 Å². The van der Waals surface area contributed by atoms with Crippen molar-refractivity contribution in [1.29, 1.82) is 0 Å². The van der Waals surface area contributed by atoms with E-state index in [1.165, 1.54) is 16.7 Å². The van der Waals surface area contributed by atoms with E-state index < -0.39 is 0 Å². The summed E-state index contributed by atoms with van der Waals surface area (Å²) in [4.78, 5) is 4.41. The highest BCUT2D eigenvalue weighted by molar-refractivity contribution is 5.37. The Morgan fingerprint density at radius 1 is 0.895 bits per heavy atom. The van der Waals surface area contributed by atoms with E-state index in [0.29, 0.717) is 0 Å². The second-order valence-corrected chi connectivity index (χ2v) is 5.13. The fourth-order valence-corrected chi connectivity index (χ4v) is 2.36. The predicted molar refractivity (Wildman–Crippen MR) is 78.8 cm³/mol. The van der Waals surface area contributed by atoms with E-state index >= 15 is 0 Å². The molecule has 1 aromatic heterocycles. The van der Waals surface area contributed by atoms with E-state index in [2.05, 4.69) is 54.6 Å². The molecule has 0 amide bonds. The molecule has 0 fully saturated rings. The standard InChI is InChI=1S/C16H21N3/c1-10-5-6-14(7-11(10)2)16(19-17)15-8-12(3)18-13(4)9-15/h5-9,16,19H,17H2,1-4H3. The molecular weight excluding hydrogens is 234 g/mol. The van der Waals surface area contributed by atoms with Crippen molar-refractivity contribution >= 4 is 0 Å². The molecule has 0 saturated heterocycles. The van der Waals surface area contributed by atoms with Crippen LogP contribution in [-0.4, -0.2) is 4.98 Å². The van der Waals surface area contributed by atoms with Gasteiger partial charge in [-0.1, -0.05) is 18.2 Å². The maximum Gasteiger partial charge on any atom is 0.0711 e. The number of nitrogens with zero attached hydrogens (tertiary/aromatic N) is 1. The van der Waals surface area contributed by atoms with Crippen LogP contribution in [0.15, 0.2) is 30.3 Å². The topological polar surface area (TPSA) is 50.9 Å². The van der Waals surface area contributed by atoms with Crippen molar-refractivity contribution in [2.24, 2.45) is 5.84 Å². The molecule has 2 rings (SSSR count). The number of hydrogen-bond donors (Lipinski definition) is 2. The van der Waals surface area contributed by atoms with Crippen LogP contribution in [0.1, 0.15) is 39.7 Å². The second kappa shape index (κ2) is 5.51. The van der Waals surface area contributed by atoms with E-state index in [0.717, 1.165) is 17.0 Å². The Morgan fingerprint density at radius 2 is 1.53 bits per heavy atom. The summed E-state index contributed by atoms with van der Waals surface area (Å²) in [5, 5.41) is 0. The van der Waals surface area contributed by atoms with E-state index in [1.807, 2.05) is 13.8 Å². The normalized spacial score (nSPS) is 12.5. The number of aromatic nitrogens is 1. The van der Waals surface area contributed by atoms with Crippen molar-refractivity contribution in [2.75, 3.05) is 0 Å². The first kappa shape index (κ1) is 13.7. The number of hydrogen-bond acceptors (Lipinski definition) is 3. The van der Waals surface area contributed by atoms with Crippen molar-refractivity contribution < 1.29 is 0 Å². The molecule has 1 heterocycles. The lowest BCUT2D eigenvalue weighted by atomic mass is 9.96. The van der Waals surface area contributed by atoms with Gasteiger partial charge in [-0.25, -0.2) is 5.43 Å². The van der Waals surface area contributed by atoms with Crippen LogP contribution in [0.4, 0.5) is 0 Å². The number of aryl methyl sites for hydroxylation is 4. The molecule has 3 nitrogen and oxygen atoms in total. The van der Waals surface area contributed by atoms with Gasteiger partial charge in [-0.2, -0.15) is 0 Å². The lowest BCUT2D eigenvalue weighted by molar-refractivity contribution is 0.634. The molecule has 1 atom stereocenters. The minimum Gasteiger partial charge on any atom is -0.271 e. The van der Waals surface area contributed by atoms with Crippen molar-refractivity contribution in [2.45, 2.75) is 33.7 Å². The summed E-state index contributed by atoms with van der Waals surface area (Å²) in [6.07, 6.45) is 0. The van der Waals surface area contributed by atoms with Crippen LogP contribution in [0.25, 0.3) is 0 Å². The van der Waals surface area contributed by atoms with Gasteiger partial charge in [0.1, 0.15) is 0 Å². The molecule has 1 unspecified atom stereocenters. The third-order valence-corrected chi connectivity index (χ3v) is 3.47. The maximum atomic E-state index is 5.75. The van der Waals surface area contributed by atoms with Crippen LogP contribution in [0.2, 0.25) is 0 Å². The molecule has 3 N–H and O–H groups in total. The summed E-state index contributed by atoms with van der Waals surface area (Å²) < 4.78 is 0. The molecule has 0 radical (unpaired) electrons. The quantitative estimate of drug-likeness (QED) is 0.655. The Morgan fingerprint density at radius 3 is 2.05 bits per heavy atom. The van der Waals surface area contributed by atoms with Crippen molar-refractivity contribution in [3.05, 3.63) is 64.0 Å². The number of nitrogens with two attached hydrogens (primary N) is 1. The van der Waals surface area contributed by atoms with Gasteiger partial charge in [0.15, 0.2) is 0 Å². The fourth-order valence-electron chi connectivity index (χ4n) is 2.36. The van der Waals surface area contributed by atoms with Crippen LogP contribution in [0.5, 0.6) is 0 Å². The molecule has 3 heteroatoms. The molecule has 0 aliphatic carbocycles. The molecule has 0 aliphatic heterocycles. The molecular formula is C16H21N3. The number of nitrogens with one attached hydrogen (secondary N) is 1. The van der Waals surface area contributed by atoms with Crippen LogP contribution in [0, 0.1) is 27.7 Å². The predicted octanol–water partition coefficient (Wildman–Crippen LogP) is 2.87. The molecule has 0 bridgehead atoms. The first-order valence-electron chi connectivity index (χ1n) is 6.49. The maximum absolute atomic E-state index is 5.75. The Kier molecular flexibility index (Phi) is 3.98. The fraction of sp³-hybridized carbons (Fsp3) is 0.312. The molecule has 0 aliphatic rings. The Balaban J connectivity index is 2.46. The van der Waals surface area contributed by atoms with Gasteiger partial charge < -0.3 is 0 Å². The highest BCUT2D eigenvalue weighted by Gasteiger charge is 2.14. The minimum atomic E-state index is -0.000278. The Labute approximate surface area is 114 Å². The van der Waals surface area contributed by atoms with Crippen LogP contribution in [-0.2, 0) is 0 Å². The molecule has 100 valence electrons. The summed E-state index contributed by atoms with van der Waals surface area (Å²) in [7, 11) is 0. The largest absolute Gasteiger partial charge is 0.271 e. The summed E-state index contributed by atoms with van der Waals surface area (Å²) >= 11 is 0. The summed E-state index contributed by atoms with van der Waals surface area (Å²) in [6.45, 7) is 8.25. The number of hydrazine groups is 1. The summed E-state index contributed by atoms with van der Waals surface area (Å²) in [5.41, 5.74) is 9.83. The highest BCUT2D eigenvalue weighted by Crippen LogP contribution is 2.24. The Hall–Kier alpha value is -1.71. The minimum absolute atomic E-state index is 0.000278. The van der Waals surface area contributed by atoms with E-state index in [-0.39, 0.29) is 6.04 Å². The zero-order chi connectivity index (χ0) is 14.0. The summed E-state index contributed by atoms with van der Waals surface area (Å²) in [5.74, 6) is 5.75. The van der Waals surface area contributed by atoms with E-state index in [9.17, 15) is 0 Å². The highest BCUT2D eigenvalue weighted by atomic mass is 15.2. The average Bonchev–Trinajstić information content (AvgIpc) is 2.33.